The molecule has 0 bridgehead atoms. The third-order valence-corrected chi connectivity index (χ3v) is 5.06. The Morgan fingerprint density at radius 3 is 2.05 bits per heavy atom. The van der Waals surface area contributed by atoms with Crippen molar-refractivity contribution in [2.24, 2.45) is 5.41 Å². The van der Waals surface area contributed by atoms with Crippen LogP contribution in [0, 0.1) is 5.41 Å². The molecular weight excluding hydrogens is 244 g/mol. The third kappa shape index (κ3) is 5.73. The van der Waals surface area contributed by atoms with Crippen molar-refractivity contribution in [3.05, 3.63) is 0 Å². The second kappa shape index (κ2) is 7.79. The lowest BCUT2D eigenvalue weighted by Gasteiger charge is -2.44. The van der Waals surface area contributed by atoms with E-state index in [4.69, 9.17) is 0 Å². The maximum Gasteiger partial charge on any atom is 0.00967 e. The van der Waals surface area contributed by atoms with Gasteiger partial charge >= 0.3 is 0 Å². The molecule has 1 fully saturated rings. The van der Waals surface area contributed by atoms with Gasteiger partial charge in [-0.1, -0.05) is 33.1 Å². The van der Waals surface area contributed by atoms with Crippen molar-refractivity contribution in [2.75, 3.05) is 20.1 Å². The van der Waals surface area contributed by atoms with Crippen LogP contribution in [0.3, 0.4) is 0 Å². The molecule has 0 atom stereocenters. The van der Waals surface area contributed by atoms with Crippen LogP contribution in [-0.2, 0) is 0 Å². The Morgan fingerprint density at radius 1 is 1.05 bits per heavy atom. The highest BCUT2D eigenvalue weighted by molar-refractivity contribution is 4.90. The molecule has 0 aromatic rings. The summed E-state index contributed by atoms with van der Waals surface area (Å²) >= 11 is 0. The Morgan fingerprint density at radius 2 is 1.60 bits per heavy atom. The molecule has 1 saturated carbocycles. The molecule has 0 amide bonds. The highest BCUT2D eigenvalue weighted by Crippen LogP contribution is 2.37. The number of hydrogen-bond acceptors (Lipinski definition) is 2. The van der Waals surface area contributed by atoms with Crippen molar-refractivity contribution < 1.29 is 0 Å². The lowest BCUT2D eigenvalue weighted by atomic mass is 9.73. The van der Waals surface area contributed by atoms with E-state index in [1.807, 2.05) is 0 Å². The van der Waals surface area contributed by atoms with Crippen LogP contribution in [0.5, 0.6) is 0 Å². The molecule has 0 radical (unpaired) electrons. The Bertz CT molecular complexity index is 257. The fourth-order valence-electron chi connectivity index (χ4n) is 3.72. The lowest BCUT2D eigenvalue weighted by molar-refractivity contribution is 0.0835. The standard InChI is InChI=1S/C18H38N2/c1-7-16(8-2)20(6)15-18(12-10-9-11-13-18)14-19-17(3,4)5/h16,19H,7-15H2,1-6H3. The van der Waals surface area contributed by atoms with Crippen LogP contribution in [0.2, 0.25) is 0 Å². The van der Waals surface area contributed by atoms with E-state index in [1.165, 1.54) is 58.0 Å². The van der Waals surface area contributed by atoms with Crippen LogP contribution in [-0.4, -0.2) is 36.6 Å². The highest BCUT2D eigenvalue weighted by atomic mass is 15.1. The second-order valence-electron chi connectivity index (χ2n) is 8.05. The number of nitrogens with zero attached hydrogens (tertiary/aromatic N) is 1. The van der Waals surface area contributed by atoms with Crippen LogP contribution >= 0.6 is 0 Å². The predicted molar refractivity (Wildman–Crippen MR) is 90.3 cm³/mol. The average Bonchev–Trinajstić information content (AvgIpc) is 2.38. The molecule has 0 unspecified atom stereocenters. The van der Waals surface area contributed by atoms with Gasteiger partial charge in [0.25, 0.3) is 0 Å². The predicted octanol–water partition coefficient (Wildman–Crippen LogP) is 4.45. The van der Waals surface area contributed by atoms with Crippen molar-refractivity contribution >= 4 is 0 Å². The van der Waals surface area contributed by atoms with E-state index in [2.05, 4.69) is 51.9 Å². The van der Waals surface area contributed by atoms with Gasteiger partial charge in [0.05, 0.1) is 0 Å². The molecule has 2 nitrogen and oxygen atoms in total. The summed E-state index contributed by atoms with van der Waals surface area (Å²) < 4.78 is 0. The van der Waals surface area contributed by atoms with Gasteiger partial charge in [0.2, 0.25) is 0 Å². The molecule has 0 aromatic heterocycles. The first-order valence-electron chi connectivity index (χ1n) is 8.77. The van der Waals surface area contributed by atoms with Gasteiger partial charge in [-0.2, -0.15) is 0 Å². The van der Waals surface area contributed by atoms with Crippen LogP contribution in [0.15, 0.2) is 0 Å². The third-order valence-electron chi connectivity index (χ3n) is 5.06. The number of nitrogens with one attached hydrogen (secondary N) is 1. The quantitative estimate of drug-likeness (QED) is 0.742. The van der Waals surface area contributed by atoms with E-state index < -0.39 is 0 Å². The topological polar surface area (TPSA) is 15.3 Å². The van der Waals surface area contributed by atoms with Crippen molar-refractivity contribution in [1.82, 2.24) is 10.2 Å². The summed E-state index contributed by atoms with van der Waals surface area (Å²) in [6.45, 7) is 14.0. The first kappa shape index (κ1) is 18.0. The van der Waals surface area contributed by atoms with Gasteiger partial charge in [0.15, 0.2) is 0 Å². The van der Waals surface area contributed by atoms with Crippen LogP contribution in [0.25, 0.3) is 0 Å². The van der Waals surface area contributed by atoms with E-state index in [0.717, 1.165) is 6.04 Å². The molecule has 1 aliphatic carbocycles. The van der Waals surface area contributed by atoms with Gasteiger partial charge in [-0.3, -0.25) is 0 Å². The lowest BCUT2D eigenvalue weighted by Crippen LogP contribution is -2.50. The van der Waals surface area contributed by atoms with Gasteiger partial charge in [-0.15, -0.1) is 0 Å². The molecule has 1 rings (SSSR count). The van der Waals surface area contributed by atoms with Crippen molar-refractivity contribution in [3.8, 4) is 0 Å². The molecule has 20 heavy (non-hydrogen) atoms. The van der Waals surface area contributed by atoms with E-state index in [0.29, 0.717) is 5.41 Å². The maximum atomic E-state index is 3.79. The van der Waals surface area contributed by atoms with E-state index >= 15 is 0 Å². The fraction of sp³-hybridized carbons (Fsp3) is 1.00. The molecule has 0 spiro atoms. The fourth-order valence-corrected chi connectivity index (χ4v) is 3.72. The maximum absolute atomic E-state index is 3.79. The highest BCUT2D eigenvalue weighted by Gasteiger charge is 2.34. The number of hydrogen-bond donors (Lipinski definition) is 1. The molecule has 2 heteroatoms. The minimum atomic E-state index is 0.234. The summed E-state index contributed by atoms with van der Waals surface area (Å²) in [7, 11) is 2.34. The number of rotatable bonds is 7. The van der Waals surface area contributed by atoms with Gasteiger partial charge in [0.1, 0.15) is 0 Å². The first-order chi connectivity index (χ1) is 9.32. The SMILES string of the molecule is CCC(CC)N(C)CC1(CNC(C)(C)C)CCCCC1. The molecule has 0 heterocycles. The minimum Gasteiger partial charge on any atom is -0.311 e. The molecule has 120 valence electrons. The molecule has 0 saturated heterocycles. The van der Waals surface area contributed by atoms with E-state index in [1.54, 1.807) is 0 Å². The minimum absolute atomic E-state index is 0.234. The summed E-state index contributed by atoms with van der Waals surface area (Å²) in [5.74, 6) is 0. The summed E-state index contributed by atoms with van der Waals surface area (Å²) in [6, 6.07) is 0.753. The summed E-state index contributed by atoms with van der Waals surface area (Å²) in [5.41, 5.74) is 0.737. The van der Waals surface area contributed by atoms with Gasteiger partial charge in [0, 0.05) is 24.7 Å². The van der Waals surface area contributed by atoms with Crippen molar-refractivity contribution in [1.29, 1.82) is 0 Å². The van der Waals surface area contributed by atoms with Crippen LogP contribution < -0.4 is 5.32 Å². The largest absolute Gasteiger partial charge is 0.311 e. The van der Waals surface area contributed by atoms with E-state index in [9.17, 15) is 0 Å². The molecule has 0 aliphatic heterocycles. The average molecular weight is 283 g/mol. The zero-order valence-corrected chi connectivity index (χ0v) is 14.9. The molecule has 1 aliphatic rings. The monoisotopic (exact) mass is 282 g/mol. The van der Waals surface area contributed by atoms with Crippen molar-refractivity contribution in [2.45, 2.75) is 91.1 Å². The summed E-state index contributed by atoms with van der Waals surface area (Å²) in [5, 5.41) is 3.79. The normalized spacial score (nSPS) is 19.8. The summed E-state index contributed by atoms with van der Waals surface area (Å²) in [6.07, 6.45) is 9.63. The Labute approximate surface area is 127 Å². The zero-order chi connectivity index (χ0) is 15.2. The zero-order valence-electron chi connectivity index (χ0n) is 14.9. The Balaban J connectivity index is 2.67. The molecule has 1 N–H and O–H groups in total. The second-order valence-corrected chi connectivity index (χ2v) is 8.05. The van der Waals surface area contributed by atoms with Crippen LogP contribution in [0.4, 0.5) is 0 Å². The molecule has 0 aromatic carbocycles. The van der Waals surface area contributed by atoms with Crippen molar-refractivity contribution in [3.63, 3.8) is 0 Å². The molecular formula is C18H38N2. The van der Waals surface area contributed by atoms with Gasteiger partial charge < -0.3 is 10.2 Å². The van der Waals surface area contributed by atoms with E-state index in [-0.39, 0.29) is 5.54 Å². The summed E-state index contributed by atoms with van der Waals surface area (Å²) in [4.78, 5) is 2.63. The first-order valence-corrected chi connectivity index (χ1v) is 8.77. The van der Waals surface area contributed by atoms with Gasteiger partial charge in [-0.25, -0.2) is 0 Å². The van der Waals surface area contributed by atoms with Crippen LogP contribution in [0.1, 0.15) is 79.6 Å². The smallest absolute Gasteiger partial charge is 0.00967 e. The Kier molecular flexibility index (Phi) is 7.00. The Hall–Kier alpha value is -0.0800. The van der Waals surface area contributed by atoms with Gasteiger partial charge in [-0.05, 0) is 58.9 Å².